The Hall–Kier alpha value is -0.280. The van der Waals surface area contributed by atoms with Crippen molar-refractivity contribution >= 4 is 18.4 Å². The first-order valence-electron chi connectivity index (χ1n) is 3.00. The minimum absolute atomic E-state index is 0. The van der Waals surface area contributed by atoms with Gasteiger partial charge >= 0.3 is 5.97 Å². The highest BCUT2D eigenvalue weighted by Gasteiger charge is 2.30. The van der Waals surface area contributed by atoms with Crippen LogP contribution in [0, 0.1) is 5.92 Å². The SMILES string of the molecule is COCOC(=O)C1CC1.Cl. The summed E-state index contributed by atoms with van der Waals surface area (Å²) in [6.45, 7) is 0.0926. The van der Waals surface area contributed by atoms with Gasteiger partial charge in [0.1, 0.15) is 0 Å². The van der Waals surface area contributed by atoms with E-state index in [-0.39, 0.29) is 31.1 Å². The van der Waals surface area contributed by atoms with Gasteiger partial charge in [-0.15, -0.1) is 12.4 Å². The lowest BCUT2D eigenvalue weighted by Crippen LogP contribution is -2.08. The molecule has 1 aliphatic rings. The summed E-state index contributed by atoms with van der Waals surface area (Å²) in [6, 6.07) is 0. The summed E-state index contributed by atoms with van der Waals surface area (Å²) in [5, 5.41) is 0. The topological polar surface area (TPSA) is 35.5 Å². The number of hydrogen-bond acceptors (Lipinski definition) is 3. The quantitative estimate of drug-likeness (QED) is 0.463. The van der Waals surface area contributed by atoms with E-state index in [0.29, 0.717) is 0 Å². The summed E-state index contributed by atoms with van der Waals surface area (Å²) in [7, 11) is 1.50. The molecule has 60 valence electrons. The number of esters is 1. The Labute approximate surface area is 66.1 Å². The van der Waals surface area contributed by atoms with Gasteiger partial charge in [-0.2, -0.15) is 0 Å². The van der Waals surface area contributed by atoms with E-state index < -0.39 is 0 Å². The molecule has 1 saturated carbocycles. The molecule has 0 aliphatic heterocycles. The Morgan fingerprint density at radius 3 is 2.60 bits per heavy atom. The molecule has 0 aromatic rings. The van der Waals surface area contributed by atoms with E-state index in [0.717, 1.165) is 12.8 Å². The van der Waals surface area contributed by atoms with Crippen LogP contribution in [0.15, 0.2) is 0 Å². The van der Waals surface area contributed by atoms with Crippen LogP contribution in [0.2, 0.25) is 0 Å². The molecule has 4 heteroatoms. The van der Waals surface area contributed by atoms with Gasteiger partial charge < -0.3 is 9.47 Å². The number of halogens is 1. The van der Waals surface area contributed by atoms with Gasteiger partial charge in [0.15, 0.2) is 6.79 Å². The molecular formula is C6H11ClO3. The predicted octanol–water partition coefficient (Wildman–Crippen LogP) is 0.965. The Morgan fingerprint density at radius 1 is 1.60 bits per heavy atom. The molecule has 0 amide bonds. The average Bonchev–Trinajstić information content (AvgIpc) is 2.63. The van der Waals surface area contributed by atoms with Crippen LogP contribution in [0.3, 0.4) is 0 Å². The Morgan fingerprint density at radius 2 is 2.20 bits per heavy atom. The van der Waals surface area contributed by atoms with Gasteiger partial charge in [0.2, 0.25) is 0 Å². The van der Waals surface area contributed by atoms with E-state index in [9.17, 15) is 4.79 Å². The standard InChI is InChI=1S/C6H10O3.ClH/c1-8-4-9-6(7)5-2-3-5;/h5H,2-4H2,1H3;1H. The highest BCUT2D eigenvalue weighted by molar-refractivity contribution is 5.85. The average molecular weight is 167 g/mol. The van der Waals surface area contributed by atoms with Gasteiger partial charge in [0.05, 0.1) is 5.92 Å². The van der Waals surface area contributed by atoms with Crippen LogP contribution >= 0.6 is 12.4 Å². The van der Waals surface area contributed by atoms with Crippen molar-refractivity contribution in [2.75, 3.05) is 13.9 Å². The van der Waals surface area contributed by atoms with Crippen molar-refractivity contribution in [3.05, 3.63) is 0 Å². The molecular weight excluding hydrogens is 156 g/mol. The normalized spacial score (nSPS) is 15.7. The van der Waals surface area contributed by atoms with Gasteiger partial charge in [0.25, 0.3) is 0 Å². The number of hydrogen-bond donors (Lipinski definition) is 0. The Balaban J connectivity index is 0.000000810. The second-order valence-electron chi connectivity index (χ2n) is 2.14. The van der Waals surface area contributed by atoms with Crippen molar-refractivity contribution in [1.29, 1.82) is 0 Å². The summed E-state index contributed by atoms with van der Waals surface area (Å²) >= 11 is 0. The first-order valence-corrected chi connectivity index (χ1v) is 3.00. The van der Waals surface area contributed by atoms with Crippen molar-refractivity contribution in [3.8, 4) is 0 Å². The predicted molar refractivity (Wildman–Crippen MR) is 37.9 cm³/mol. The zero-order valence-electron chi connectivity index (χ0n) is 5.83. The molecule has 0 N–H and O–H groups in total. The van der Waals surface area contributed by atoms with E-state index >= 15 is 0 Å². The Kier molecular flexibility index (Phi) is 4.40. The molecule has 0 aromatic heterocycles. The molecule has 0 radical (unpaired) electrons. The molecule has 3 nitrogen and oxygen atoms in total. The van der Waals surface area contributed by atoms with E-state index in [2.05, 4.69) is 9.47 Å². The summed E-state index contributed by atoms with van der Waals surface area (Å²) in [5.41, 5.74) is 0. The summed E-state index contributed by atoms with van der Waals surface area (Å²) in [4.78, 5) is 10.7. The van der Waals surface area contributed by atoms with Gasteiger partial charge in [-0.05, 0) is 12.8 Å². The molecule has 0 spiro atoms. The lowest BCUT2D eigenvalue weighted by atomic mass is 10.4. The van der Waals surface area contributed by atoms with Crippen LogP contribution < -0.4 is 0 Å². The molecule has 1 aliphatic carbocycles. The third kappa shape index (κ3) is 3.03. The smallest absolute Gasteiger partial charge is 0.311 e. The molecule has 0 bridgehead atoms. The highest BCUT2D eigenvalue weighted by Crippen LogP contribution is 2.29. The van der Waals surface area contributed by atoms with Crippen LogP contribution in [0.25, 0.3) is 0 Å². The zero-order chi connectivity index (χ0) is 6.69. The molecule has 0 unspecified atom stereocenters. The van der Waals surface area contributed by atoms with Gasteiger partial charge in [-0.1, -0.05) is 0 Å². The third-order valence-electron chi connectivity index (χ3n) is 1.23. The Bertz CT molecular complexity index is 112. The number of ether oxygens (including phenoxy) is 2. The van der Waals surface area contributed by atoms with E-state index in [1.807, 2.05) is 0 Å². The number of rotatable bonds is 3. The van der Waals surface area contributed by atoms with E-state index in [4.69, 9.17) is 0 Å². The maximum absolute atomic E-state index is 10.7. The first kappa shape index (κ1) is 9.72. The van der Waals surface area contributed by atoms with Gasteiger partial charge in [0, 0.05) is 7.11 Å². The van der Waals surface area contributed by atoms with Crippen LogP contribution in [0.4, 0.5) is 0 Å². The van der Waals surface area contributed by atoms with E-state index in [1.54, 1.807) is 0 Å². The van der Waals surface area contributed by atoms with Crippen LogP contribution in [-0.2, 0) is 14.3 Å². The number of methoxy groups -OCH3 is 1. The minimum atomic E-state index is -0.114. The fraction of sp³-hybridized carbons (Fsp3) is 0.833. The zero-order valence-corrected chi connectivity index (χ0v) is 6.65. The molecule has 10 heavy (non-hydrogen) atoms. The molecule has 1 rings (SSSR count). The maximum Gasteiger partial charge on any atom is 0.311 e. The lowest BCUT2D eigenvalue weighted by Gasteiger charge is -1.99. The van der Waals surface area contributed by atoms with Gasteiger partial charge in [-0.3, -0.25) is 4.79 Å². The molecule has 0 saturated heterocycles. The second-order valence-corrected chi connectivity index (χ2v) is 2.14. The number of carbonyl (C=O) groups is 1. The fourth-order valence-corrected chi connectivity index (χ4v) is 0.554. The lowest BCUT2D eigenvalue weighted by molar-refractivity contribution is -0.155. The molecule has 0 heterocycles. The van der Waals surface area contributed by atoms with Crippen LogP contribution in [-0.4, -0.2) is 19.9 Å². The largest absolute Gasteiger partial charge is 0.438 e. The summed E-state index contributed by atoms with van der Waals surface area (Å²) in [6.07, 6.45) is 1.98. The fourth-order valence-electron chi connectivity index (χ4n) is 0.554. The maximum atomic E-state index is 10.7. The van der Waals surface area contributed by atoms with Crippen molar-refractivity contribution in [1.82, 2.24) is 0 Å². The molecule has 0 aromatic carbocycles. The van der Waals surface area contributed by atoms with Crippen molar-refractivity contribution < 1.29 is 14.3 Å². The van der Waals surface area contributed by atoms with E-state index in [1.165, 1.54) is 7.11 Å². The van der Waals surface area contributed by atoms with Crippen LogP contribution in [0.1, 0.15) is 12.8 Å². The second kappa shape index (κ2) is 4.52. The summed E-state index contributed by atoms with van der Waals surface area (Å²) < 4.78 is 9.20. The summed E-state index contributed by atoms with van der Waals surface area (Å²) in [5.74, 6) is 0.0667. The molecule has 1 fully saturated rings. The minimum Gasteiger partial charge on any atom is -0.438 e. The van der Waals surface area contributed by atoms with Crippen molar-refractivity contribution in [2.24, 2.45) is 5.92 Å². The monoisotopic (exact) mass is 166 g/mol. The van der Waals surface area contributed by atoms with Crippen molar-refractivity contribution in [2.45, 2.75) is 12.8 Å². The molecule has 0 atom stereocenters. The third-order valence-corrected chi connectivity index (χ3v) is 1.23. The number of carbonyl (C=O) groups excluding carboxylic acids is 1. The van der Waals surface area contributed by atoms with Gasteiger partial charge in [-0.25, -0.2) is 0 Å². The van der Waals surface area contributed by atoms with Crippen LogP contribution in [0.5, 0.6) is 0 Å². The van der Waals surface area contributed by atoms with Crippen molar-refractivity contribution in [3.63, 3.8) is 0 Å². The first-order chi connectivity index (χ1) is 4.34. The highest BCUT2D eigenvalue weighted by atomic mass is 35.5.